The Labute approximate surface area is 64.8 Å². The molecular weight excluding hydrogens is 152 g/mol. The number of amides is 1. The van der Waals surface area contributed by atoms with E-state index in [0.717, 1.165) is 13.1 Å². The number of rotatable bonds is 2. The summed E-state index contributed by atoms with van der Waals surface area (Å²) in [5.41, 5.74) is 0. The maximum atomic E-state index is 10.6. The molecule has 56 valence electrons. The average molecular weight is 161 g/mol. The molecule has 0 bridgehead atoms. The smallest absolute Gasteiger partial charge is 0.243 e. The summed E-state index contributed by atoms with van der Waals surface area (Å²) in [6.07, 6.45) is 1.26. The number of halogens is 1. The Morgan fingerprint density at radius 1 is 1.80 bits per heavy atom. The van der Waals surface area contributed by atoms with Crippen LogP contribution in [0.3, 0.4) is 0 Å². The van der Waals surface area contributed by atoms with Gasteiger partial charge in [-0.25, -0.2) is 4.42 Å². The summed E-state index contributed by atoms with van der Waals surface area (Å²) >= 11 is 5.53. The molecule has 0 radical (unpaired) electrons. The number of nitrogens with one attached hydrogen (secondary N) is 1. The van der Waals surface area contributed by atoms with Gasteiger partial charge in [-0.1, -0.05) is 6.58 Å². The van der Waals surface area contributed by atoms with E-state index in [1.165, 1.54) is 6.08 Å². The fourth-order valence-corrected chi connectivity index (χ4v) is 1.11. The number of carbonyl (C=O) groups excluding carboxylic acids is 1. The normalized spacial score (nSPS) is 19.7. The highest BCUT2D eigenvalue weighted by Gasteiger charge is 2.25. The molecule has 0 atom stereocenters. The molecule has 0 saturated carbocycles. The third kappa shape index (κ3) is 1.72. The Bertz CT molecular complexity index is 154. The summed E-state index contributed by atoms with van der Waals surface area (Å²) in [5, 5.41) is 2.71. The molecule has 1 aliphatic heterocycles. The predicted octanol–water partition coefficient (Wildman–Crippen LogP) is 0.127. The van der Waals surface area contributed by atoms with Crippen molar-refractivity contribution in [3.63, 3.8) is 0 Å². The minimum absolute atomic E-state index is 0.130. The van der Waals surface area contributed by atoms with Crippen LogP contribution >= 0.6 is 11.8 Å². The molecule has 1 heterocycles. The first-order valence-corrected chi connectivity index (χ1v) is 3.40. The third-order valence-corrected chi connectivity index (χ3v) is 1.64. The van der Waals surface area contributed by atoms with Crippen molar-refractivity contribution in [1.82, 2.24) is 9.74 Å². The van der Waals surface area contributed by atoms with Crippen LogP contribution < -0.4 is 5.32 Å². The van der Waals surface area contributed by atoms with Crippen molar-refractivity contribution in [3.8, 4) is 0 Å². The van der Waals surface area contributed by atoms with E-state index in [1.807, 2.05) is 0 Å². The Hall–Kier alpha value is -0.540. The van der Waals surface area contributed by atoms with Gasteiger partial charge in [0.15, 0.2) is 0 Å². The Balaban J connectivity index is 2.16. The molecular formula is C6H9ClN2O. The predicted molar refractivity (Wildman–Crippen MR) is 39.6 cm³/mol. The van der Waals surface area contributed by atoms with E-state index in [-0.39, 0.29) is 11.9 Å². The summed E-state index contributed by atoms with van der Waals surface area (Å²) in [6.45, 7) is 4.78. The van der Waals surface area contributed by atoms with Crippen LogP contribution in [0.4, 0.5) is 0 Å². The van der Waals surface area contributed by atoms with Gasteiger partial charge in [-0.15, -0.1) is 0 Å². The molecule has 0 spiro atoms. The van der Waals surface area contributed by atoms with Crippen molar-refractivity contribution in [1.29, 1.82) is 0 Å². The molecule has 10 heavy (non-hydrogen) atoms. The van der Waals surface area contributed by atoms with Gasteiger partial charge >= 0.3 is 0 Å². The minimum atomic E-state index is -0.130. The lowest BCUT2D eigenvalue weighted by Crippen LogP contribution is -2.55. The van der Waals surface area contributed by atoms with Gasteiger partial charge in [-0.05, 0) is 17.9 Å². The first-order valence-electron chi connectivity index (χ1n) is 3.06. The zero-order valence-electron chi connectivity index (χ0n) is 5.51. The largest absolute Gasteiger partial charge is 0.347 e. The SMILES string of the molecule is C=CC(=O)NC1CN(Cl)C1. The van der Waals surface area contributed by atoms with Crippen molar-refractivity contribution in [2.45, 2.75) is 6.04 Å². The minimum Gasteiger partial charge on any atom is -0.347 e. The summed E-state index contributed by atoms with van der Waals surface area (Å²) in [6, 6.07) is 0.211. The van der Waals surface area contributed by atoms with Gasteiger partial charge in [0.1, 0.15) is 0 Å². The molecule has 1 rings (SSSR count). The van der Waals surface area contributed by atoms with E-state index in [0.29, 0.717) is 0 Å². The Morgan fingerprint density at radius 2 is 2.40 bits per heavy atom. The molecule has 0 unspecified atom stereocenters. The van der Waals surface area contributed by atoms with E-state index in [4.69, 9.17) is 11.8 Å². The highest BCUT2D eigenvalue weighted by Crippen LogP contribution is 2.09. The van der Waals surface area contributed by atoms with Crippen molar-refractivity contribution >= 4 is 17.7 Å². The van der Waals surface area contributed by atoms with Crippen LogP contribution in [-0.2, 0) is 4.79 Å². The molecule has 0 aromatic carbocycles. The molecule has 4 heteroatoms. The summed E-state index contributed by atoms with van der Waals surface area (Å²) in [4.78, 5) is 10.6. The first kappa shape index (κ1) is 7.57. The number of hydrogen-bond donors (Lipinski definition) is 1. The zero-order valence-corrected chi connectivity index (χ0v) is 6.27. The molecule has 1 aliphatic rings. The quantitative estimate of drug-likeness (QED) is 0.460. The van der Waals surface area contributed by atoms with Gasteiger partial charge in [0.05, 0.1) is 6.04 Å². The molecule has 3 nitrogen and oxygen atoms in total. The Kier molecular flexibility index (Phi) is 2.29. The molecule has 0 aromatic rings. The topological polar surface area (TPSA) is 32.3 Å². The van der Waals surface area contributed by atoms with Crippen molar-refractivity contribution in [3.05, 3.63) is 12.7 Å². The van der Waals surface area contributed by atoms with Crippen molar-refractivity contribution in [2.75, 3.05) is 13.1 Å². The fraction of sp³-hybridized carbons (Fsp3) is 0.500. The molecule has 1 fully saturated rings. The standard InChI is InChI=1S/C6H9ClN2O/c1-2-6(10)8-5-3-9(7)4-5/h2,5H,1,3-4H2,(H,8,10). The number of hydrogen-bond acceptors (Lipinski definition) is 2. The number of nitrogens with zero attached hydrogens (tertiary/aromatic N) is 1. The second-order valence-electron chi connectivity index (χ2n) is 2.24. The molecule has 1 N–H and O–H groups in total. The lowest BCUT2D eigenvalue weighted by atomic mass is 10.2. The van der Waals surface area contributed by atoms with Crippen molar-refractivity contribution in [2.24, 2.45) is 0 Å². The van der Waals surface area contributed by atoms with Crippen molar-refractivity contribution < 1.29 is 4.79 Å². The van der Waals surface area contributed by atoms with Crippen LogP contribution in [-0.4, -0.2) is 29.5 Å². The van der Waals surface area contributed by atoms with Gasteiger partial charge < -0.3 is 5.32 Å². The third-order valence-electron chi connectivity index (χ3n) is 1.37. The average Bonchev–Trinajstić information content (AvgIpc) is 1.84. The summed E-state index contributed by atoms with van der Waals surface area (Å²) in [7, 11) is 0. The zero-order chi connectivity index (χ0) is 7.56. The maximum Gasteiger partial charge on any atom is 0.243 e. The van der Waals surface area contributed by atoms with Crippen LogP contribution in [0.25, 0.3) is 0 Å². The molecule has 1 saturated heterocycles. The second kappa shape index (κ2) is 3.03. The van der Waals surface area contributed by atoms with Crippen LogP contribution in [0.15, 0.2) is 12.7 Å². The van der Waals surface area contributed by atoms with Gasteiger partial charge in [-0.3, -0.25) is 4.79 Å². The van der Waals surface area contributed by atoms with Crippen LogP contribution in [0.2, 0.25) is 0 Å². The maximum absolute atomic E-state index is 10.6. The van der Waals surface area contributed by atoms with E-state index >= 15 is 0 Å². The van der Waals surface area contributed by atoms with E-state index in [9.17, 15) is 4.79 Å². The van der Waals surface area contributed by atoms with Crippen LogP contribution in [0.5, 0.6) is 0 Å². The molecule has 0 aliphatic carbocycles. The van der Waals surface area contributed by atoms with Gasteiger partial charge in [0.2, 0.25) is 5.91 Å². The summed E-state index contributed by atoms with van der Waals surface area (Å²) < 4.78 is 1.62. The van der Waals surface area contributed by atoms with Gasteiger partial charge in [0.25, 0.3) is 0 Å². The molecule has 1 amide bonds. The monoisotopic (exact) mass is 160 g/mol. The summed E-state index contributed by atoms with van der Waals surface area (Å²) in [5.74, 6) is -0.130. The van der Waals surface area contributed by atoms with E-state index in [2.05, 4.69) is 11.9 Å². The highest BCUT2D eigenvalue weighted by atomic mass is 35.5. The first-order chi connectivity index (χ1) is 4.72. The molecule has 0 aromatic heterocycles. The van der Waals surface area contributed by atoms with Crippen LogP contribution in [0, 0.1) is 0 Å². The lowest BCUT2D eigenvalue weighted by Gasteiger charge is -2.33. The highest BCUT2D eigenvalue weighted by molar-refractivity contribution is 6.13. The van der Waals surface area contributed by atoms with Crippen LogP contribution in [0.1, 0.15) is 0 Å². The fourth-order valence-electron chi connectivity index (χ4n) is 0.776. The second-order valence-corrected chi connectivity index (χ2v) is 2.72. The van der Waals surface area contributed by atoms with Gasteiger partial charge in [0, 0.05) is 13.1 Å². The Morgan fingerprint density at radius 3 is 2.80 bits per heavy atom. The van der Waals surface area contributed by atoms with E-state index in [1.54, 1.807) is 4.42 Å². The van der Waals surface area contributed by atoms with E-state index < -0.39 is 0 Å². The number of carbonyl (C=O) groups is 1. The lowest BCUT2D eigenvalue weighted by molar-refractivity contribution is -0.117. The van der Waals surface area contributed by atoms with Gasteiger partial charge in [-0.2, -0.15) is 0 Å².